The van der Waals surface area contributed by atoms with Crippen molar-refractivity contribution in [2.24, 2.45) is 5.92 Å². The summed E-state index contributed by atoms with van der Waals surface area (Å²) in [5, 5.41) is 3.33. The van der Waals surface area contributed by atoms with Gasteiger partial charge in [0.25, 0.3) is 0 Å². The van der Waals surface area contributed by atoms with Crippen LogP contribution < -0.4 is 15.9 Å². The molecule has 3 aromatic carbocycles. The normalized spacial score (nSPS) is 25.4. The van der Waals surface area contributed by atoms with Crippen molar-refractivity contribution in [2.45, 2.75) is 21.8 Å². The van der Waals surface area contributed by atoms with Crippen LogP contribution >= 0.6 is 53.0 Å². The van der Waals surface area contributed by atoms with Crippen LogP contribution in [-0.4, -0.2) is 14.6 Å². The second-order valence-electron chi connectivity index (χ2n) is 7.89. The summed E-state index contributed by atoms with van der Waals surface area (Å²) < 4.78 is -2.75. The summed E-state index contributed by atoms with van der Waals surface area (Å²) in [5.41, 5.74) is 0. The molecule has 1 fully saturated rings. The van der Waals surface area contributed by atoms with Gasteiger partial charge in [0.2, 0.25) is 0 Å². The Morgan fingerprint density at radius 3 is 1.34 bits per heavy atom. The quantitative estimate of drug-likeness (QED) is 0.282. The summed E-state index contributed by atoms with van der Waals surface area (Å²) in [4.78, 5) is 0. The Morgan fingerprint density at radius 2 is 1.00 bits per heavy atom. The number of hydrogen-bond donors (Lipinski definition) is 0. The van der Waals surface area contributed by atoms with E-state index in [1.165, 1.54) is 0 Å². The van der Waals surface area contributed by atoms with Gasteiger partial charge in [0, 0.05) is 0 Å². The van der Waals surface area contributed by atoms with Crippen molar-refractivity contribution in [3.05, 3.63) is 91.0 Å². The van der Waals surface area contributed by atoms with Crippen LogP contribution in [-0.2, 0) is 0 Å². The Labute approximate surface area is 193 Å². The van der Waals surface area contributed by atoms with E-state index in [1.54, 1.807) is 0 Å². The van der Waals surface area contributed by atoms with E-state index in [1.807, 2.05) is 61.5 Å². The van der Waals surface area contributed by atoms with Gasteiger partial charge in [-0.05, 0) is 0 Å². The van der Waals surface area contributed by atoms with Crippen molar-refractivity contribution in [2.75, 3.05) is 6.16 Å². The number of alkyl halides is 4. The van der Waals surface area contributed by atoms with Crippen LogP contribution in [0.25, 0.3) is 0 Å². The average molecular weight is 484 g/mol. The Kier molecular flexibility index (Phi) is 5.51. The minimum absolute atomic E-state index is 0.0489. The molecule has 5 heteroatoms. The van der Waals surface area contributed by atoms with E-state index in [-0.39, 0.29) is 5.92 Å². The Bertz CT molecular complexity index is 888. The fourth-order valence-corrected chi connectivity index (χ4v) is 16.2. The molecule has 3 aromatic rings. The second kappa shape index (κ2) is 7.44. The molecule has 1 aliphatic heterocycles. The SMILES string of the molecule is CC1CCP(c2ccccc2)(c2ccccc2)(c2ccccc2)C(Cl)(Cl)C1(Cl)Cl. The molecule has 0 saturated carbocycles. The van der Waals surface area contributed by atoms with Gasteiger partial charge in [-0.3, -0.25) is 0 Å². The molecule has 0 amide bonds. The monoisotopic (exact) mass is 482 g/mol. The van der Waals surface area contributed by atoms with Gasteiger partial charge < -0.3 is 0 Å². The summed E-state index contributed by atoms with van der Waals surface area (Å²) in [6.45, 7) is -1.49. The molecule has 0 bridgehead atoms. The first-order valence-electron chi connectivity index (χ1n) is 9.72. The molecule has 152 valence electrons. The molecule has 1 aliphatic rings. The predicted molar refractivity (Wildman–Crippen MR) is 133 cm³/mol. The summed E-state index contributed by atoms with van der Waals surface area (Å²) in [6.07, 6.45) is 1.63. The van der Waals surface area contributed by atoms with Gasteiger partial charge in [-0.2, -0.15) is 0 Å². The van der Waals surface area contributed by atoms with Crippen LogP contribution in [0, 0.1) is 5.92 Å². The van der Waals surface area contributed by atoms with Gasteiger partial charge in [-0.15, -0.1) is 0 Å². The van der Waals surface area contributed by atoms with Crippen molar-refractivity contribution < 1.29 is 0 Å². The first-order chi connectivity index (χ1) is 13.8. The minimum atomic E-state index is -3.53. The maximum absolute atomic E-state index is 7.50. The molecule has 0 nitrogen and oxygen atoms in total. The molecular formula is C24H23Cl4P. The topological polar surface area (TPSA) is 0 Å². The summed E-state index contributed by atoms with van der Waals surface area (Å²) in [5.74, 6) is -0.0489. The molecule has 4 rings (SSSR count). The molecule has 1 unspecified atom stereocenters. The van der Waals surface area contributed by atoms with E-state index in [4.69, 9.17) is 46.4 Å². The number of halogens is 4. The van der Waals surface area contributed by atoms with Gasteiger partial charge in [0.05, 0.1) is 0 Å². The second-order valence-corrected chi connectivity index (χ2v) is 16.4. The zero-order chi connectivity index (χ0) is 20.8. The van der Waals surface area contributed by atoms with Gasteiger partial charge in [-0.1, -0.05) is 0 Å². The number of benzene rings is 3. The van der Waals surface area contributed by atoms with Crippen LogP contribution in [0.15, 0.2) is 91.0 Å². The van der Waals surface area contributed by atoms with Gasteiger partial charge in [-0.25, -0.2) is 0 Å². The Hall–Kier alpha value is -0.750. The molecule has 0 radical (unpaired) electrons. The molecule has 0 spiro atoms. The molecular weight excluding hydrogens is 461 g/mol. The predicted octanol–water partition coefficient (Wildman–Crippen LogP) is 6.86. The van der Waals surface area contributed by atoms with Crippen LogP contribution in [0.3, 0.4) is 0 Å². The van der Waals surface area contributed by atoms with E-state index < -0.39 is 15.0 Å². The third-order valence-corrected chi connectivity index (χ3v) is 18.5. The van der Waals surface area contributed by atoms with Crippen molar-refractivity contribution >= 4 is 68.9 Å². The van der Waals surface area contributed by atoms with Crippen LogP contribution in [0.2, 0.25) is 0 Å². The van der Waals surface area contributed by atoms with E-state index in [9.17, 15) is 0 Å². The third kappa shape index (κ3) is 2.63. The fourth-order valence-electron chi connectivity index (χ4n) is 4.99. The third-order valence-electron chi connectivity index (χ3n) is 6.63. The van der Waals surface area contributed by atoms with Crippen molar-refractivity contribution in [3.8, 4) is 0 Å². The molecule has 1 atom stereocenters. The summed E-state index contributed by atoms with van der Waals surface area (Å²) >= 11 is 29.1. The van der Waals surface area contributed by atoms with Crippen molar-refractivity contribution in [1.29, 1.82) is 0 Å². The number of hydrogen-bond acceptors (Lipinski definition) is 0. The van der Waals surface area contributed by atoms with Gasteiger partial charge in [0.1, 0.15) is 0 Å². The molecule has 0 aliphatic carbocycles. The van der Waals surface area contributed by atoms with Gasteiger partial charge in [0.15, 0.2) is 0 Å². The van der Waals surface area contributed by atoms with E-state index in [0.29, 0.717) is 0 Å². The van der Waals surface area contributed by atoms with E-state index in [0.717, 1.165) is 28.5 Å². The molecule has 0 aromatic heterocycles. The van der Waals surface area contributed by atoms with Crippen LogP contribution in [0.4, 0.5) is 0 Å². The molecule has 1 saturated heterocycles. The summed E-state index contributed by atoms with van der Waals surface area (Å²) in [7, 11) is 0. The van der Waals surface area contributed by atoms with Gasteiger partial charge >= 0.3 is 194 Å². The first kappa shape index (κ1) is 21.5. The standard InChI is InChI=1S/C24H23Cl4P/c1-19-17-18-29(20-11-5-2-6-12-20,21-13-7-3-8-14-21,22-15-9-4-10-16-22)24(27,28)23(19,25)26/h2-16,19H,17-18H2,1H3. The molecule has 0 N–H and O–H groups in total. The van der Waals surface area contributed by atoms with E-state index >= 15 is 0 Å². The fraction of sp³-hybridized carbons (Fsp3) is 0.250. The summed E-state index contributed by atoms with van der Waals surface area (Å²) in [6, 6.07) is 31.1. The molecule has 1 heterocycles. The number of rotatable bonds is 3. The first-order valence-corrected chi connectivity index (χ1v) is 13.7. The average Bonchev–Trinajstić information content (AvgIpc) is 2.75. The van der Waals surface area contributed by atoms with Crippen molar-refractivity contribution in [1.82, 2.24) is 0 Å². The van der Waals surface area contributed by atoms with Crippen molar-refractivity contribution in [3.63, 3.8) is 0 Å². The maximum atomic E-state index is 7.50. The Morgan fingerprint density at radius 1 is 0.655 bits per heavy atom. The van der Waals surface area contributed by atoms with E-state index in [2.05, 4.69) is 36.4 Å². The zero-order valence-electron chi connectivity index (χ0n) is 16.1. The van der Waals surface area contributed by atoms with Crippen LogP contribution in [0.5, 0.6) is 0 Å². The molecule has 29 heavy (non-hydrogen) atoms. The van der Waals surface area contributed by atoms with Crippen LogP contribution in [0.1, 0.15) is 13.3 Å². The Balaban J connectivity index is 2.27. The zero-order valence-corrected chi connectivity index (χ0v) is 20.0.